The Balaban J connectivity index is 1.17. The standard InChI is InChI=1S/C24H22F3N3O4/c1-23(2)10-15-6-4-8-18(20(15)33-23)32-13-19(31)30-11-16(12-30)22-28-21(29-34-22)14-5-3-7-17(9-14)24(25,26)27/h3-9,16H,10-13H2,1-2H3. The average molecular weight is 473 g/mol. The summed E-state index contributed by atoms with van der Waals surface area (Å²) in [6, 6.07) is 10.4. The summed E-state index contributed by atoms with van der Waals surface area (Å²) < 4.78 is 55.8. The Morgan fingerprint density at radius 1 is 1.21 bits per heavy atom. The largest absolute Gasteiger partial charge is 0.483 e. The van der Waals surface area contributed by atoms with Crippen LogP contribution in [0.25, 0.3) is 11.4 Å². The van der Waals surface area contributed by atoms with Gasteiger partial charge in [-0.1, -0.05) is 29.4 Å². The smallest absolute Gasteiger partial charge is 0.416 e. The van der Waals surface area contributed by atoms with E-state index in [1.807, 2.05) is 26.0 Å². The first-order chi connectivity index (χ1) is 16.1. The summed E-state index contributed by atoms with van der Waals surface area (Å²) in [7, 11) is 0. The number of para-hydroxylation sites is 1. The van der Waals surface area contributed by atoms with Gasteiger partial charge in [-0.25, -0.2) is 0 Å². The van der Waals surface area contributed by atoms with Gasteiger partial charge in [0.1, 0.15) is 5.60 Å². The summed E-state index contributed by atoms with van der Waals surface area (Å²) in [5.41, 5.74) is 0.168. The highest BCUT2D eigenvalue weighted by Crippen LogP contribution is 2.42. The number of likely N-dealkylation sites (tertiary alicyclic amines) is 1. The maximum atomic E-state index is 13.0. The van der Waals surface area contributed by atoms with Gasteiger partial charge in [-0.2, -0.15) is 18.2 Å². The van der Waals surface area contributed by atoms with Crippen LogP contribution in [0.15, 0.2) is 47.0 Å². The Morgan fingerprint density at radius 3 is 2.74 bits per heavy atom. The van der Waals surface area contributed by atoms with Crippen molar-refractivity contribution in [2.45, 2.75) is 38.0 Å². The van der Waals surface area contributed by atoms with E-state index in [2.05, 4.69) is 10.1 Å². The number of benzene rings is 2. The van der Waals surface area contributed by atoms with Crippen molar-refractivity contribution in [3.63, 3.8) is 0 Å². The maximum Gasteiger partial charge on any atom is 0.416 e. The third kappa shape index (κ3) is 4.32. The molecule has 0 atom stereocenters. The minimum absolute atomic E-state index is 0.0788. The quantitative estimate of drug-likeness (QED) is 0.544. The molecule has 178 valence electrons. The topological polar surface area (TPSA) is 77.7 Å². The minimum atomic E-state index is -4.46. The van der Waals surface area contributed by atoms with E-state index in [-0.39, 0.29) is 41.3 Å². The van der Waals surface area contributed by atoms with Crippen LogP contribution in [-0.2, 0) is 17.4 Å². The molecule has 2 aliphatic rings. The van der Waals surface area contributed by atoms with Crippen LogP contribution in [0.4, 0.5) is 13.2 Å². The van der Waals surface area contributed by atoms with Gasteiger partial charge in [0, 0.05) is 30.6 Å². The molecule has 1 fully saturated rings. The van der Waals surface area contributed by atoms with Gasteiger partial charge < -0.3 is 18.9 Å². The Morgan fingerprint density at radius 2 is 1.97 bits per heavy atom. The van der Waals surface area contributed by atoms with Gasteiger partial charge in [0.2, 0.25) is 11.7 Å². The van der Waals surface area contributed by atoms with E-state index < -0.39 is 11.7 Å². The average Bonchev–Trinajstić information content (AvgIpc) is 3.34. The van der Waals surface area contributed by atoms with E-state index >= 15 is 0 Å². The highest BCUT2D eigenvalue weighted by molar-refractivity contribution is 5.79. The summed E-state index contributed by atoms with van der Waals surface area (Å²) in [4.78, 5) is 18.4. The number of alkyl halides is 3. The van der Waals surface area contributed by atoms with E-state index in [4.69, 9.17) is 14.0 Å². The van der Waals surface area contributed by atoms with Gasteiger partial charge in [0.15, 0.2) is 18.1 Å². The summed E-state index contributed by atoms with van der Waals surface area (Å²) in [6.45, 7) is 4.59. The Labute approximate surface area is 193 Å². The van der Waals surface area contributed by atoms with Gasteiger partial charge >= 0.3 is 6.18 Å². The fraction of sp³-hybridized carbons (Fsp3) is 0.375. The molecule has 0 saturated carbocycles. The van der Waals surface area contributed by atoms with Crippen molar-refractivity contribution in [3.8, 4) is 22.9 Å². The molecule has 0 radical (unpaired) electrons. The number of fused-ring (bicyclic) bond motifs is 1. The molecule has 0 unspecified atom stereocenters. The van der Waals surface area contributed by atoms with Crippen LogP contribution in [-0.4, -0.2) is 46.2 Å². The van der Waals surface area contributed by atoms with Crippen LogP contribution in [0, 0.1) is 0 Å². The molecule has 7 nitrogen and oxygen atoms in total. The van der Waals surface area contributed by atoms with Crippen molar-refractivity contribution in [1.82, 2.24) is 15.0 Å². The van der Waals surface area contributed by atoms with Gasteiger partial charge in [-0.3, -0.25) is 4.79 Å². The third-order valence-corrected chi connectivity index (χ3v) is 5.88. The van der Waals surface area contributed by atoms with Crippen LogP contribution in [0.5, 0.6) is 11.5 Å². The number of amides is 1. The van der Waals surface area contributed by atoms with Crippen molar-refractivity contribution < 1.29 is 32.0 Å². The monoisotopic (exact) mass is 473 g/mol. The fourth-order valence-corrected chi connectivity index (χ4v) is 4.12. The summed E-state index contributed by atoms with van der Waals surface area (Å²) >= 11 is 0. The zero-order valence-electron chi connectivity index (χ0n) is 18.6. The predicted octanol–water partition coefficient (Wildman–Crippen LogP) is 4.47. The Hall–Kier alpha value is -3.56. The van der Waals surface area contributed by atoms with Gasteiger partial charge in [0.25, 0.3) is 5.91 Å². The molecule has 5 rings (SSSR count). The number of carbonyl (C=O) groups is 1. The normalized spacial score (nSPS) is 17.1. The maximum absolute atomic E-state index is 13.0. The molecule has 1 aromatic heterocycles. The second-order valence-electron chi connectivity index (χ2n) is 9.10. The van der Waals surface area contributed by atoms with Crippen LogP contribution in [0.2, 0.25) is 0 Å². The lowest BCUT2D eigenvalue weighted by atomic mass is 10.00. The van der Waals surface area contributed by atoms with E-state index in [0.717, 1.165) is 24.1 Å². The predicted molar refractivity (Wildman–Crippen MR) is 114 cm³/mol. The molecular formula is C24H22F3N3O4. The summed E-state index contributed by atoms with van der Waals surface area (Å²) in [6.07, 6.45) is -3.68. The molecule has 3 aromatic rings. The van der Waals surface area contributed by atoms with Crippen LogP contribution in [0.1, 0.15) is 36.8 Å². The van der Waals surface area contributed by atoms with E-state index in [1.165, 1.54) is 12.1 Å². The molecule has 3 heterocycles. The highest BCUT2D eigenvalue weighted by Gasteiger charge is 2.37. The lowest BCUT2D eigenvalue weighted by Gasteiger charge is -2.36. The summed E-state index contributed by atoms with van der Waals surface area (Å²) in [5, 5.41) is 3.81. The lowest BCUT2D eigenvalue weighted by molar-refractivity contribution is -0.138. The van der Waals surface area contributed by atoms with Crippen LogP contribution >= 0.6 is 0 Å². The molecule has 34 heavy (non-hydrogen) atoms. The fourth-order valence-electron chi connectivity index (χ4n) is 4.12. The number of hydrogen-bond donors (Lipinski definition) is 0. The van der Waals surface area contributed by atoms with Crippen molar-refractivity contribution in [2.75, 3.05) is 19.7 Å². The molecule has 0 spiro atoms. The van der Waals surface area contributed by atoms with Crippen LogP contribution < -0.4 is 9.47 Å². The molecular weight excluding hydrogens is 451 g/mol. The van der Waals surface area contributed by atoms with Gasteiger partial charge in [0.05, 0.1) is 11.5 Å². The Bertz CT molecular complexity index is 1230. The first-order valence-corrected chi connectivity index (χ1v) is 10.8. The van der Waals surface area contributed by atoms with Crippen molar-refractivity contribution in [3.05, 3.63) is 59.5 Å². The molecule has 2 aromatic carbocycles. The molecule has 0 bridgehead atoms. The van der Waals surface area contributed by atoms with E-state index in [1.54, 1.807) is 11.0 Å². The zero-order chi connectivity index (χ0) is 24.1. The minimum Gasteiger partial charge on any atom is -0.483 e. The van der Waals surface area contributed by atoms with E-state index in [0.29, 0.717) is 24.6 Å². The molecule has 2 aliphatic heterocycles. The van der Waals surface area contributed by atoms with Crippen molar-refractivity contribution >= 4 is 5.91 Å². The molecule has 0 aliphatic carbocycles. The number of nitrogens with zero attached hydrogens (tertiary/aromatic N) is 3. The first kappa shape index (κ1) is 22.2. The van der Waals surface area contributed by atoms with Gasteiger partial charge in [-0.05, 0) is 32.0 Å². The van der Waals surface area contributed by atoms with Gasteiger partial charge in [-0.15, -0.1) is 0 Å². The second-order valence-corrected chi connectivity index (χ2v) is 9.10. The lowest BCUT2D eigenvalue weighted by Crippen LogP contribution is -2.50. The van der Waals surface area contributed by atoms with Crippen molar-refractivity contribution in [2.24, 2.45) is 0 Å². The molecule has 0 N–H and O–H groups in total. The Kier molecular flexibility index (Phi) is 5.26. The van der Waals surface area contributed by atoms with E-state index in [9.17, 15) is 18.0 Å². The number of carbonyl (C=O) groups excluding carboxylic acids is 1. The molecule has 1 amide bonds. The third-order valence-electron chi connectivity index (χ3n) is 5.88. The number of aromatic nitrogens is 2. The van der Waals surface area contributed by atoms with Crippen molar-refractivity contribution in [1.29, 1.82) is 0 Å². The molecule has 10 heteroatoms. The number of hydrogen-bond acceptors (Lipinski definition) is 6. The first-order valence-electron chi connectivity index (χ1n) is 10.8. The highest BCUT2D eigenvalue weighted by atomic mass is 19.4. The number of rotatable bonds is 5. The number of ether oxygens (including phenoxy) is 2. The second kappa shape index (κ2) is 8.03. The SMILES string of the molecule is CC1(C)Cc2cccc(OCC(=O)N3CC(c4nc(-c5cccc(C(F)(F)F)c5)no4)C3)c2O1. The number of halogens is 3. The molecule has 1 saturated heterocycles. The van der Waals surface area contributed by atoms with Crippen LogP contribution in [0.3, 0.4) is 0 Å². The zero-order valence-corrected chi connectivity index (χ0v) is 18.6. The summed E-state index contributed by atoms with van der Waals surface area (Å²) in [5.74, 6) is 1.21.